The molecule has 0 radical (unpaired) electrons. The van der Waals surface area contributed by atoms with Gasteiger partial charge in [0.05, 0.1) is 32.0 Å². The van der Waals surface area contributed by atoms with Crippen LogP contribution in [0.3, 0.4) is 0 Å². The number of nitrogens with one attached hydrogen (secondary N) is 1. The lowest BCUT2D eigenvalue weighted by Crippen LogP contribution is -2.25. The molecule has 0 aliphatic carbocycles. The van der Waals surface area contributed by atoms with Crippen LogP contribution >= 0.6 is 11.6 Å². The fourth-order valence-electron chi connectivity index (χ4n) is 2.95. The molecule has 1 heterocycles. The summed E-state index contributed by atoms with van der Waals surface area (Å²) in [6, 6.07) is 8.14. The average molecular weight is 418 g/mol. The molecule has 0 saturated carbocycles. The highest BCUT2D eigenvalue weighted by atomic mass is 35.5. The largest absolute Gasteiger partial charge is 0.496 e. The van der Waals surface area contributed by atoms with Gasteiger partial charge >= 0.3 is 0 Å². The maximum atomic E-state index is 13.5. The fraction of sp³-hybridized carbons (Fsp3) is 0.238. The zero-order chi connectivity index (χ0) is 21.1. The number of anilines is 2. The van der Waals surface area contributed by atoms with Gasteiger partial charge in [0.2, 0.25) is 11.7 Å². The van der Waals surface area contributed by atoms with Crippen LogP contribution in [0, 0.1) is 19.7 Å². The summed E-state index contributed by atoms with van der Waals surface area (Å²) < 4.78 is 25.4. The van der Waals surface area contributed by atoms with Crippen molar-refractivity contribution >= 4 is 23.2 Å². The van der Waals surface area contributed by atoms with Crippen LogP contribution in [-0.2, 0) is 6.54 Å². The van der Waals surface area contributed by atoms with Gasteiger partial charge in [-0.1, -0.05) is 17.7 Å². The number of hydrogen-bond donors (Lipinski definition) is 1. The van der Waals surface area contributed by atoms with E-state index in [1.54, 1.807) is 13.2 Å². The normalized spacial score (nSPS) is 10.7. The van der Waals surface area contributed by atoms with Crippen LogP contribution in [-0.4, -0.2) is 23.8 Å². The average Bonchev–Trinajstić information content (AvgIpc) is 2.70. The van der Waals surface area contributed by atoms with E-state index in [0.717, 1.165) is 22.6 Å². The smallest absolute Gasteiger partial charge is 0.297 e. The van der Waals surface area contributed by atoms with Crippen LogP contribution in [0.2, 0.25) is 5.02 Å². The maximum Gasteiger partial charge on any atom is 0.297 e. The molecule has 1 N–H and O–H groups in total. The van der Waals surface area contributed by atoms with Gasteiger partial charge in [-0.2, -0.15) is 0 Å². The number of methoxy groups -OCH3 is 2. The summed E-state index contributed by atoms with van der Waals surface area (Å²) >= 11 is 5.88. The highest BCUT2D eigenvalue weighted by Gasteiger charge is 2.14. The molecule has 2 aromatic carbocycles. The Hall–Kier alpha value is -3.06. The van der Waals surface area contributed by atoms with Gasteiger partial charge in [0.15, 0.2) is 0 Å². The lowest BCUT2D eigenvalue weighted by atomic mass is 10.1. The Kier molecular flexibility index (Phi) is 6.08. The molecule has 0 spiro atoms. The van der Waals surface area contributed by atoms with Crippen molar-refractivity contribution in [2.24, 2.45) is 0 Å². The van der Waals surface area contributed by atoms with Crippen molar-refractivity contribution in [2.45, 2.75) is 20.4 Å². The third-order valence-corrected chi connectivity index (χ3v) is 4.84. The van der Waals surface area contributed by atoms with Gasteiger partial charge in [-0.05, 0) is 54.8 Å². The van der Waals surface area contributed by atoms with Gasteiger partial charge in [0.1, 0.15) is 11.6 Å². The summed E-state index contributed by atoms with van der Waals surface area (Å²) in [4.78, 5) is 17.2. The quantitative estimate of drug-likeness (QED) is 0.641. The van der Waals surface area contributed by atoms with Crippen LogP contribution in [0.5, 0.6) is 11.5 Å². The summed E-state index contributed by atoms with van der Waals surface area (Å²) in [6.45, 7) is 3.99. The Morgan fingerprint density at radius 2 is 1.83 bits per heavy atom. The van der Waals surface area contributed by atoms with Crippen LogP contribution < -0.4 is 20.3 Å². The van der Waals surface area contributed by atoms with E-state index in [-0.39, 0.29) is 22.9 Å². The lowest BCUT2D eigenvalue weighted by molar-refractivity contribution is 0.401. The monoisotopic (exact) mass is 417 g/mol. The van der Waals surface area contributed by atoms with Gasteiger partial charge < -0.3 is 14.8 Å². The summed E-state index contributed by atoms with van der Waals surface area (Å²) in [5, 5.41) is 3.19. The second-order valence-electron chi connectivity index (χ2n) is 6.55. The zero-order valence-corrected chi connectivity index (χ0v) is 17.3. The first kappa shape index (κ1) is 20.7. The number of hydrogen-bond acceptors (Lipinski definition) is 5. The molecule has 0 atom stereocenters. The van der Waals surface area contributed by atoms with Gasteiger partial charge in [-0.3, -0.25) is 9.36 Å². The van der Waals surface area contributed by atoms with E-state index < -0.39 is 5.82 Å². The third-order valence-electron chi connectivity index (χ3n) is 4.55. The molecule has 0 amide bonds. The standard InChI is InChI=1S/C21H21ClFN3O3/c1-12-8-18(28-3)13(2)7-17(12)25-21-24-10-19(29-4)20(27)26(21)11-14-5-6-16(23)15(22)9-14/h5-10H,11H2,1-4H3,(H,24,25). The lowest BCUT2D eigenvalue weighted by Gasteiger charge is -2.17. The van der Waals surface area contributed by atoms with Gasteiger partial charge in [0.25, 0.3) is 5.56 Å². The highest BCUT2D eigenvalue weighted by Crippen LogP contribution is 2.28. The molecule has 0 unspecified atom stereocenters. The maximum absolute atomic E-state index is 13.5. The van der Waals surface area contributed by atoms with Crippen molar-refractivity contribution in [3.63, 3.8) is 0 Å². The summed E-state index contributed by atoms with van der Waals surface area (Å²) in [5.74, 6) is 0.679. The van der Waals surface area contributed by atoms with Crippen molar-refractivity contribution < 1.29 is 13.9 Å². The number of aryl methyl sites for hydroxylation is 2. The van der Waals surface area contributed by atoms with Crippen molar-refractivity contribution in [3.05, 3.63) is 74.4 Å². The van der Waals surface area contributed by atoms with Crippen LogP contribution in [0.4, 0.5) is 16.0 Å². The number of nitrogens with zero attached hydrogens (tertiary/aromatic N) is 2. The van der Waals surface area contributed by atoms with E-state index in [1.807, 2.05) is 26.0 Å². The van der Waals surface area contributed by atoms with Crippen molar-refractivity contribution in [1.82, 2.24) is 9.55 Å². The topological polar surface area (TPSA) is 65.4 Å². The van der Waals surface area contributed by atoms with Crippen LogP contribution in [0.25, 0.3) is 0 Å². The van der Waals surface area contributed by atoms with Crippen molar-refractivity contribution in [3.8, 4) is 11.5 Å². The Bertz CT molecular complexity index is 1120. The van der Waals surface area contributed by atoms with Gasteiger partial charge in [-0.25, -0.2) is 9.37 Å². The molecule has 6 nitrogen and oxygen atoms in total. The van der Waals surface area contributed by atoms with Gasteiger partial charge in [0, 0.05) is 5.69 Å². The predicted molar refractivity (Wildman–Crippen MR) is 111 cm³/mol. The molecule has 8 heteroatoms. The molecule has 0 saturated heterocycles. The summed E-state index contributed by atoms with van der Waals surface area (Å²) in [6.07, 6.45) is 1.37. The second-order valence-corrected chi connectivity index (χ2v) is 6.96. The zero-order valence-electron chi connectivity index (χ0n) is 16.5. The molecule has 3 aromatic rings. The number of halogens is 2. The van der Waals surface area contributed by atoms with Gasteiger partial charge in [-0.15, -0.1) is 0 Å². The predicted octanol–water partition coefficient (Wildman–Crippen LogP) is 4.46. The van der Waals surface area contributed by atoms with Crippen LogP contribution in [0.1, 0.15) is 16.7 Å². The SMILES string of the molecule is COc1cc(C)c(Nc2ncc(OC)c(=O)n2Cc2ccc(F)c(Cl)c2)cc1C. The molecular weight excluding hydrogens is 397 g/mol. The Morgan fingerprint density at radius 3 is 2.48 bits per heavy atom. The van der Waals surface area contributed by atoms with E-state index in [1.165, 1.54) is 30.0 Å². The van der Waals surface area contributed by atoms with E-state index in [9.17, 15) is 9.18 Å². The first-order valence-electron chi connectivity index (χ1n) is 8.84. The number of rotatable bonds is 6. The fourth-order valence-corrected chi connectivity index (χ4v) is 3.15. The number of ether oxygens (including phenoxy) is 2. The molecule has 3 rings (SSSR count). The Labute approximate surface area is 172 Å². The first-order valence-corrected chi connectivity index (χ1v) is 9.22. The number of benzene rings is 2. The first-order chi connectivity index (χ1) is 13.8. The second kappa shape index (κ2) is 8.53. The molecular formula is C21H21ClFN3O3. The molecule has 0 bridgehead atoms. The Morgan fingerprint density at radius 1 is 1.10 bits per heavy atom. The minimum absolute atomic E-state index is 0.0115. The van der Waals surface area contributed by atoms with E-state index in [4.69, 9.17) is 21.1 Å². The molecule has 1 aromatic heterocycles. The van der Waals surface area contributed by atoms with Crippen molar-refractivity contribution in [1.29, 1.82) is 0 Å². The Balaban J connectivity index is 2.05. The minimum atomic E-state index is -0.519. The summed E-state index contributed by atoms with van der Waals surface area (Å²) in [7, 11) is 3.02. The minimum Gasteiger partial charge on any atom is -0.496 e. The van der Waals surface area contributed by atoms with E-state index in [2.05, 4.69) is 10.3 Å². The van der Waals surface area contributed by atoms with Crippen molar-refractivity contribution in [2.75, 3.05) is 19.5 Å². The number of aromatic nitrogens is 2. The van der Waals surface area contributed by atoms with E-state index in [0.29, 0.717) is 11.5 Å². The van der Waals surface area contributed by atoms with E-state index >= 15 is 0 Å². The molecule has 0 aliphatic rings. The molecule has 29 heavy (non-hydrogen) atoms. The summed E-state index contributed by atoms with van der Waals surface area (Å²) in [5.41, 5.74) is 2.93. The highest BCUT2D eigenvalue weighted by molar-refractivity contribution is 6.30. The molecule has 0 aliphatic heterocycles. The van der Waals surface area contributed by atoms with Crippen LogP contribution in [0.15, 0.2) is 41.3 Å². The molecule has 0 fully saturated rings. The molecule has 152 valence electrons. The third kappa shape index (κ3) is 4.35.